The van der Waals surface area contributed by atoms with Crippen LogP contribution >= 0.6 is 15.9 Å². The van der Waals surface area contributed by atoms with Crippen molar-refractivity contribution in [2.75, 3.05) is 6.61 Å². The number of halogens is 1. The van der Waals surface area contributed by atoms with Gasteiger partial charge in [0.25, 0.3) is 5.91 Å². The minimum atomic E-state index is -1.49. The van der Waals surface area contributed by atoms with E-state index >= 15 is 0 Å². The summed E-state index contributed by atoms with van der Waals surface area (Å²) in [6.07, 6.45) is -0.211. The quantitative estimate of drug-likeness (QED) is 0.811. The van der Waals surface area contributed by atoms with E-state index in [-0.39, 0.29) is 11.9 Å². The van der Waals surface area contributed by atoms with Gasteiger partial charge in [-0.3, -0.25) is 0 Å². The molecule has 5 atom stereocenters. The number of hydrogen-bond acceptors (Lipinski definition) is 6. The summed E-state index contributed by atoms with van der Waals surface area (Å²) in [5.41, 5.74) is 4.48. The lowest BCUT2D eigenvalue weighted by molar-refractivity contribution is -0.193. The first-order valence-electron chi connectivity index (χ1n) is 7.23. The third-order valence-electron chi connectivity index (χ3n) is 5.01. The fourth-order valence-electron chi connectivity index (χ4n) is 4.02. The fraction of sp³-hybridized carbons (Fsp3) is 0.438. The van der Waals surface area contributed by atoms with Crippen molar-refractivity contribution in [3.05, 3.63) is 34.3 Å². The van der Waals surface area contributed by atoms with Crippen LogP contribution in [-0.4, -0.2) is 24.5 Å². The Morgan fingerprint density at radius 2 is 2.00 bits per heavy atom. The van der Waals surface area contributed by atoms with Crippen molar-refractivity contribution in [3.8, 4) is 12.1 Å². The Morgan fingerprint density at radius 3 is 2.52 bits per heavy atom. The van der Waals surface area contributed by atoms with Crippen LogP contribution < -0.4 is 5.73 Å². The van der Waals surface area contributed by atoms with E-state index in [1.807, 2.05) is 31.2 Å². The molecule has 6 nitrogen and oxygen atoms in total. The zero-order chi connectivity index (χ0) is 16.5. The van der Waals surface area contributed by atoms with Gasteiger partial charge in [0.1, 0.15) is 11.3 Å². The number of nitrogens with two attached hydrogens (primary N) is 1. The van der Waals surface area contributed by atoms with E-state index in [0.29, 0.717) is 6.61 Å². The van der Waals surface area contributed by atoms with Crippen molar-refractivity contribution in [1.29, 1.82) is 10.5 Å². The highest BCUT2D eigenvalue weighted by molar-refractivity contribution is 9.10. The molecule has 1 spiro atoms. The molecule has 3 aliphatic rings. The molecule has 2 heterocycles. The van der Waals surface area contributed by atoms with Crippen LogP contribution in [0.15, 0.2) is 33.7 Å². The molecule has 0 radical (unpaired) electrons. The Balaban J connectivity index is 1.91. The molecule has 0 bridgehead atoms. The number of rotatable bonds is 1. The molecule has 1 saturated carbocycles. The van der Waals surface area contributed by atoms with Gasteiger partial charge >= 0.3 is 0 Å². The zero-order valence-electron chi connectivity index (χ0n) is 12.3. The molecule has 0 amide bonds. The summed E-state index contributed by atoms with van der Waals surface area (Å²) in [6, 6.07) is 12.0. The van der Waals surface area contributed by atoms with Crippen molar-refractivity contribution in [2.45, 2.75) is 24.9 Å². The molecule has 2 N–H and O–H groups in total. The zero-order valence-corrected chi connectivity index (χ0v) is 13.9. The summed E-state index contributed by atoms with van der Waals surface area (Å²) in [6.45, 7) is 2.16. The van der Waals surface area contributed by atoms with Crippen LogP contribution in [0, 0.1) is 33.5 Å². The molecule has 1 aromatic rings. The molecule has 1 aliphatic carbocycles. The van der Waals surface area contributed by atoms with Gasteiger partial charge in [0.2, 0.25) is 0 Å². The second-order valence-corrected chi connectivity index (χ2v) is 7.06. The average Bonchev–Trinajstić information content (AvgIpc) is 2.92. The number of ether oxygens (including phenoxy) is 2. The second kappa shape index (κ2) is 4.33. The lowest BCUT2D eigenvalue weighted by Gasteiger charge is -2.26. The molecule has 5 unspecified atom stereocenters. The summed E-state index contributed by atoms with van der Waals surface area (Å²) in [5, 5.41) is 19.8. The van der Waals surface area contributed by atoms with E-state index < -0.39 is 22.7 Å². The largest absolute Gasteiger partial charge is 0.386 e. The molecule has 2 fully saturated rings. The molecule has 7 heteroatoms. The first-order chi connectivity index (χ1) is 11.0. The van der Waals surface area contributed by atoms with Gasteiger partial charge in [0, 0.05) is 10.4 Å². The third-order valence-corrected chi connectivity index (χ3v) is 5.53. The normalized spacial score (nSPS) is 43.6. The Bertz CT molecular complexity index is 811. The Kier molecular flexibility index (Phi) is 2.76. The van der Waals surface area contributed by atoms with Gasteiger partial charge in [-0.1, -0.05) is 28.1 Å². The number of fused-ring (bicyclic) bond motifs is 2. The molecule has 2 aliphatic heterocycles. The van der Waals surface area contributed by atoms with Gasteiger partial charge in [-0.05, 0) is 24.6 Å². The van der Waals surface area contributed by atoms with Crippen LogP contribution in [0.25, 0.3) is 0 Å². The van der Waals surface area contributed by atoms with E-state index in [1.54, 1.807) is 0 Å². The Labute approximate surface area is 141 Å². The summed E-state index contributed by atoms with van der Waals surface area (Å²) < 4.78 is 12.5. The number of nitrogens with zero attached hydrogens (tertiary/aromatic N) is 3. The number of amidine groups is 1. The smallest absolute Gasteiger partial charge is 0.293 e. The maximum absolute atomic E-state index is 9.98. The van der Waals surface area contributed by atoms with Crippen molar-refractivity contribution in [1.82, 2.24) is 0 Å². The topological polar surface area (TPSA) is 104 Å². The Morgan fingerprint density at radius 1 is 1.30 bits per heavy atom. The highest BCUT2D eigenvalue weighted by Crippen LogP contribution is 2.82. The Hall–Kier alpha value is -1.93. The predicted molar refractivity (Wildman–Crippen MR) is 83.8 cm³/mol. The molecule has 0 aromatic heterocycles. The lowest BCUT2D eigenvalue weighted by Crippen LogP contribution is -2.39. The molecule has 1 aromatic carbocycles. The highest BCUT2D eigenvalue weighted by atomic mass is 79.9. The second-order valence-electron chi connectivity index (χ2n) is 6.14. The van der Waals surface area contributed by atoms with Gasteiger partial charge in [-0.15, -0.1) is 0 Å². The maximum Gasteiger partial charge on any atom is 0.293 e. The first kappa shape index (κ1) is 14.6. The minimum absolute atomic E-state index is 0.114. The summed E-state index contributed by atoms with van der Waals surface area (Å²) in [4.78, 5) is 4.28. The lowest BCUT2D eigenvalue weighted by atomic mass is 9.94. The van der Waals surface area contributed by atoms with Crippen LogP contribution in [0.3, 0.4) is 0 Å². The maximum atomic E-state index is 9.98. The summed E-state index contributed by atoms with van der Waals surface area (Å²) >= 11 is 3.39. The fourth-order valence-corrected chi connectivity index (χ4v) is 4.28. The van der Waals surface area contributed by atoms with Crippen LogP contribution in [0.4, 0.5) is 0 Å². The molecular formula is C16H13BrN4O2. The minimum Gasteiger partial charge on any atom is -0.386 e. The van der Waals surface area contributed by atoms with Crippen molar-refractivity contribution >= 4 is 21.8 Å². The van der Waals surface area contributed by atoms with Crippen molar-refractivity contribution in [2.24, 2.45) is 21.6 Å². The average molecular weight is 373 g/mol. The highest BCUT2D eigenvalue weighted by Gasteiger charge is 2.94. The van der Waals surface area contributed by atoms with Gasteiger partial charge < -0.3 is 15.2 Å². The number of benzene rings is 1. The van der Waals surface area contributed by atoms with Crippen LogP contribution in [0.1, 0.15) is 18.4 Å². The number of nitriles is 2. The predicted octanol–water partition coefficient (Wildman–Crippen LogP) is 2.03. The van der Waals surface area contributed by atoms with Gasteiger partial charge in [-0.2, -0.15) is 10.5 Å². The standard InChI is InChI=1S/C16H13BrN4O2/c1-9-6-22-16(23-9)15(8-19)12(10-2-4-11(17)5-3-10)14(15,7-18)13(20)21-16/h2-5,9,12H,6H2,1H3,(H2,20,21). The summed E-state index contributed by atoms with van der Waals surface area (Å²) in [7, 11) is 0. The molecule has 116 valence electrons. The van der Waals surface area contributed by atoms with E-state index in [2.05, 4.69) is 33.1 Å². The van der Waals surface area contributed by atoms with Crippen LogP contribution in [-0.2, 0) is 9.47 Å². The SMILES string of the molecule is CC1COC2(N=C(N)C3(C#N)C(c4ccc(Br)cc4)C23C#N)O1. The summed E-state index contributed by atoms with van der Waals surface area (Å²) in [5.74, 6) is -1.80. The molecular weight excluding hydrogens is 360 g/mol. The molecule has 4 rings (SSSR count). The third kappa shape index (κ3) is 1.41. The van der Waals surface area contributed by atoms with Crippen LogP contribution in [0.5, 0.6) is 0 Å². The monoisotopic (exact) mass is 372 g/mol. The van der Waals surface area contributed by atoms with Gasteiger partial charge in [-0.25, -0.2) is 4.99 Å². The first-order valence-corrected chi connectivity index (χ1v) is 8.02. The van der Waals surface area contributed by atoms with Crippen molar-refractivity contribution < 1.29 is 9.47 Å². The van der Waals surface area contributed by atoms with E-state index in [9.17, 15) is 10.5 Å². The van der Waals surface area contributed by atoms with E-state index in [0.717, 1.165) is 10.0 Å². The van der Waals surface area contributed by atoms with Crippen molar-refractivity contribution in [3.63, 3.8) is 0 Å². The molecule has 23 heavy (non-hydrogen) atoms. The number of hydrogen-bond donors (Lipinski definition) is 1. The van der Waals surface area contributed by atoms with Gasteiger partial charge in [0.15, 0.2) is 5.41 Å². The van der Waals surface area contributed by atoms with Gasteiger partial charge in [0.05, 0.1) is 24.8 Å². The van der Waals surface area contributed by atoms with E-state index in [4.69, 9.17) is 15.2 Å². The molecule has 1 saturated heterocycles. The number of aliphatic imine (C=N–C) groups is 1. The van der Waals surface area contributed by atoms with Crippen LogP contribution in [0.2, 0.25) is 0 Å². The van der Waals surface area contributed by atoms with E-state index in [1.165, 1.54) is 0 Å².